The summed E-state index contributed by atoms with van der Waals surface area (Å²) in [6.45, 7) is 2.86. The zero-order valence-corrected chi connectivity index (χ0v) is 13.0. The first-order valence-corrected chi connectivity index (χ1v) is 8.09. The molecule has 1 atom stereocenters. The molecule has 2 aliphatic rings. The van der Waals surface area contributed by atoms with Gasteiger partial charge in [0.25, 0.3) is 0 Å². The van der Waals surface area contributed by atoms with Crippen molar-refractivity contribution in [1.29, 1.82) is 0 Å². The predicted octanol–water partition coefficient (Wildman–Crippen LogP) is 2.37. The summed E-state index contributed by atoms with van der Waals surface area (Å²) in [4.78, 5) is 12.2. The number of likely N-dealkylation sites (tertiary alicyclic amines) is 1. The maximum atomic E-state index is 12.4. The normalized spacial score (nSPS) is 22.7. The van der Waals surface area contributed by atoms with Crippen LogP contribution < -0.4 is 10.2 Å². The number of halogens is 3. The quantitative estimate of drug-likeness (QED) is 0.898. The Labute approximate surface area is 133 Å². The highest BCUT2D eigenvalue weighted by Crippen LogP contribution is 2.24. The Balaban J connectivity index is 1.48. The Hall–Kier alpha value is -1.57. The molecule has 128 valence electrons. The van der Waals surface area contributed by atoms with Gasteiger partial charge in [-0.25, -0.2) is 9.97 Å². The highest BCUT2D eigenvalue weighted by molar-refractivity contribution is 5.48. The molecular weight excluding hydrogens is 307 g/mol. The van der Waals surface area contributed by atoms with E-state index in [1.165, 1.54) is 17.7 Å². The molecule has 3 rings (SSSR count). The largest absolute Gasteiger partial charge is 0.401 e. The van der Waals surface area contributed by atoms with Gasteiger partial charge in [0, 0.05) is 32.2 Å². The molecule has 3 heterocycles. The van der Waals surface area contributed by atoms with Gasteiger partial charge in [-0.3, -0.25) is 4.90 Å². The second-order valence-corrected chi connectivity index (χ2v) is 6.34. The molecule has 23 heavy (non-hydrogen) atoms. The topological polar surface area (TPSA) is 44.3 Å². The molecule has 8 heteroatoms. The standard InChI is InChI=1S/C15H22F3N5/c16-15(17,18)10-22-6-3-12(9-22)8-19-13-7-14(21-11-20-13)23-4-1-2-5-23/h7,11-12H,1-6,8-10H2,(H,19,20,21)/t12-/m0/s1. The summed E-state index contributed by atoms with van der Waals surface area (Å²) >= 11 is 0. The lowest BCUT2D eigenvalue weighted by Gasteiger charge is -2.19. The smallest absolute Gasteiger partial charge is 0.370 e. The third-order valence-electron chi connectivity index (χ3n) is 4.43. The molecule has 0 unspecified atom stereocenters. The number of anilines is 2. The Bertz CT molecular complexity index is 516. The number of aromatic nitrogens is 2. The summed E-state index contributed by atoms with van der Waals surface area (Å²) in [6.07, 6.45) is 0.584. The van der Waals surface area contributed by atoms with Crippen LogP contribution in [0, 0.1) is 5.92 Å². The molecule has 1 aromatic rings. The van der Waals surface area contributed by atoms with Crippen LogP contribution in [0.5, 0.6) is 0 Å². The van der Waals surface area contributed by atoms with Gasteiger partial charge in [-0.05, 0) is 31.7 Å². The minimum absolute atomic E-state index is 0.225. The third-order valence-corrected chi connectivity index (χ3v) is 4.43. The second kappa shape index (κ2) is 6.90. The van der Waals surface area contributed by atoms with Crippen molar-refractivity contribution in [1.82, 2.24) is 14.9 Å². The van der Waals surface area contributed by atoms with Crippen LogP contribution in [-0.2, 0) is 0 Å². The molecular formula is C15H22F3N5. The van der Waals surface area contributed by atoms with E-state index in [-0.39, 0.29) is 5.92 Å². The van der Waals surface area contributed by atoms with Crippen LogP contribution in [0.15, 0.2) is 12.4 Å². The van der Waals surface area contributed by atoms with Gasteiger partial charge >= 0.3 is 6.18 Å². The summed E-state index contributed by atoms with van der Waals surface area (Å²) in [7, 11) is 0. The van der Waals surface area contributed by atoms with Crippen LogP contribution in [0.25, 0.3) is 0 Å². The van der Waals surface area contributed by atoms with Gasteiger partial charge in [0.15, 0.2) is 0 Å². The van der Waals surface area contributed by atoms with Crippen LogP contribution in [0.4, 0.5) is 24.8 Å². The Morgan fingerprint density at radius 3 is 2.70 bits per heavy atom. The van der Waals surface area contributed by atoms with E-state index in [4.69, 9.17) is 0 Å². The van der Waals surface area contributed by atoms with E-state index in [0.29, 0.717) is 19.6 Å². The number of nitrogens with zero attached hydrogens (tertiary/aromatic N) is 4. The van der Waals surface area contributed by atoms with E-state index in [2.05, 4.69) is 20.2 Å². The molecule has 0 aromatic carbocycles. The van der Waals surface area contributed by atoms with Crippen molar-refractivity contribution < 1.29 is 13.2 Å². The summed E-state index contributed by atoms with van der Waals surface area (Å²) in [6, 6.07) is 1.92. The van der Waals surface area contributed by atoms with E-state index in [1.54, 1.807) is 6.33 Å². The SMILES string of the molecule is FC(F)(F)CN1CC[C@@H](CNc2cc(N3CCCC3)ncn2)C1. The number of hydrogen-bond acceptors (Lipinski definition) is 5. The molecule has 0 radical (unpaired) electrons. The van der Waals surface area contributed by atoms with Crippen molar-refractivity contribution in [2.75, 3.05) is 49.5 Å². The number of nitrogens with one attached hydrogen (secondary N) is 1. The highest BCUT2D eigenvalue weighted by atomic mass is 19.4. The molecule has 2 fully saturated rings. The predicted molar refractivity (Wildman–Crippen MR) is 82.6 cm³/mol. The van der Waals surface area contributed by atoms with Gasteiger partial charge in [0.2, 0.25) is 0 Å². The van der Waals surface area contributed by atoms with Gasteiger partial charge in [0.05, 0.1) is 6.54 Å². The lowest BCUT2D eigenvalue weighted by molar-refractivity contribution is -0.143. The van der Waals surface area contributed by atoms with Crippen molar-refractivity contribution >= 4 is 11.6 Å². The Morgan fingerprint density at radius 2 is 1.96 bits per heavy atom. The molecule has 0 amide bonds. The lowest BCUT2D eigenvalue weighted by Crippen LogP contribution is -2.33. The maximum Gasteiger partial charge on any atom is 0.401 e. The molecule has 2 aliphatic heterocycles. The Morgan fingerprint density at radius 1 is 1.17 bits per heavy atom. The van der Waals surface area contributed by atoms with E-state index < -0.39 is 12.7 Å². The fraction of sp³-hybridized carbons (Fsp3) is 0.733. The fourth-order valence-electron chi connectivity index (χ4n) is 3.29. The lowest BCUT2D eigenvalue weighted by atomic mass is 10.1. The number of rotatable bonds is 5. The van der Waals surface area contributed by atoms with Gasteiger partial charge in [-0.1, -0.05) is 0 Å². The van der Waals surface area contributed by atoms with Crippen LogP contribution in [0.3, 0.4) is 0 Å². The van der Waals surface area contributed by atoms with E-state index in [1.807, 2.05) is 6.07 Å². The monoisotopic (exact) mass is 329 g/mol. The average Bonchev–Trinajstić information content (AvgIpc) is 3.15. The van der Waals surface area contributed by atoms with Crippen molar-refractivity contribution in [2.24, 2.45) is 5.92 Å². The third kappa shape index (κ3) is 4.70. The van der Waals surface area contributed by atoms with E-state index in [9.17, 15) is 13.2 Å². The first-order chi connectivity index (χ1) is 11.0. The summed E-state index contributed by atoms with van der Waals surface area (Å²) < 4.78 is 37.2. The molecule has 0 saturated carbocycles. The molecule has 0 spiro atoms. The van der Waals surface area contributed by atoms with Crippen molar-refractivity contribution in [3.05, 3.63) is 12.4 Å². The molecule has 0 bridgehead atoms. The van der Waals surface area contributed by atoms with Crippen molar-refractivity contribution in [2.45, 2.75) is 25.4 Å². The zero-order chi connectivity index (χ0) is 16.3. The fourth-order valence-corrected chi connectivity index (χ4v) is 3.29. The van der Waals surface area contributed by atoms with Gasteiger partial charge in [0.1, 0.15) is 18.0 Å². The second-order valence-electron chi connectivity index (χ2n) is 6.34. The van der Waals surface area contributed by atoms with Crippen LogP contribution in [-0.4, -0.2) is 60.3 Å². The van der Waals surface area contributed by atoms with Gasteiger partial charge in [-0.2, -0.15) is 13.2 Å². The van der Waals surface area contributed by atoms with E-state index in [0.717, 1.165) is 31.1 Å². The Kier molecular flexibility index (Phi) is 4.89. The molecule has 1 N–H and O–H groups in total. The number of alkyl halides is 3. The molecule has 0 aliphatic carbocycles. The average molecular weight is 329 g/mol. The van der Waals surface area contributed by atoms with Crippen molar-refractivity contribution in [3.63, 3.8) is 0 Å². The minimum Gasteiger partial charge on any atom is -0.370 e. The first-order valence-electron chi connectivity index (χ1n) is 8.09. The van der Waals surface area contributed by atoms with Crippen LogP contribution in [0.2, 0.25) is 0 Å². The highest BCUT2D eigenvalue weighted by Gasteiger charge is 2.34. The summed E-state index contributed by atoms with van der Waals surface area (Å²) in [5.74, 6) is 1.89. The molecule has 2 saturated heterocycles. The minimum atomic E-state index is -4.11. The van der Waals surface area contributed by atoms with E-state index >= 15 is 0 Å². The summed E-state index contributed by atoms with van der Waals surface area (Å²) in [5, 5.41) is 3.25. The van der Waals surface area contributed by atoms with Crippen molar-refractivity contribution in [3.8, 4) is 0 Å². The maximum absolute atomic E-state index is 12.4. The summed E-state index contributed by atoms with van der Waals surface area (Å²) in [5.41, 5.74) is 0. The van der Waals surface area contributed by atoms with Gasteiger partial charge in [-0.15, -0.1) is 0 Å². The molecule has 5 nitrogen and oxygen atoms in total. The van der Waals surface area contributed by atoms with Crippen LogP contribution >= 0.6 is 0 Å². The zero-order valence-electron chi connectivity index (χ0n) is 13.0. The first kappa shape index (κ1) is 16.3. The molecule has 1 aromatic heterocycles. The van der Waals surface area contributed by atoms with Gasteiger partial charge < -0.3 is 10.2 Å². The van der Waals surface area contributed by atoms with Crippen LogP contribution in [0.1, 0.15) is 19.3 Å². The number of hydrogen-bond donors (Lipinski definition) is 1.